The van der Waals surface area contributed by atoms with Gasteiger partial charge < -0.3 is 4.98 Å². The number of aromatic amines is 1. The maximum Gasteiger partial charge on any atom is 0.262 e. The van der Waals surface area contributed by atoms with Gasteiger partial charge in [-0.25, -0.2) is 0 Å². The fourth-order valence-electron chi connectivity index (χ4n) is 2.95. The Morgan fingerprint density at radius 3 is 2.44 bits per heavy atom. The van der Waals surface area contributed by atoms with Gasteiger partial charge in [-0.1, -0.05) is 36.4 Å². The Kier molecular flexibility index (Phi) is 4.03. The second-order valence-corrected chi connectivity index (χ2v) is 6.23. The molecular formula is C19H16N4OS. The van der Waals surface area contributed by atoms with Crippen LogP contribution in [0.15, 0.2) is 71.8 Å². The number of aromatic nitrogens is 4. The van der Waals surface area contributed by atoms with Crippen molar-refractivity contribution in [3.63, 3.8) is 0 Å². The fraction of sp³-hybridized carbons (Fsp3) is 0.105. The molecule has 0 radical (unpaired) electrons. The molecule has 124 valence electrons. The lowest BCUT2D eigenvalue weighted by Crippen LogP contribution is -2.23. The van der Waals surface area contributed by atoms with Crippen LogP contribution < -0.4 is 5.56 Å². The van der Waals surface area contributed by atoms with Crippen LogP contribution in [0.3, 0.4) is 0 Å². The van der Waals surface area contributed by atoms with Gasteiger partial charge in [-0.05, 0) is 41.5 Å². The van der Waals surface area contributed by atoms with E-state index in [0.29, 0.717) is 23.2 Å². The molecule has 0 unspecified atom stereocenters. The van der Waals surface area contributed by atoms with Crippen molar-refractivity contribution in [3.05, 3.63) is 93.2 Å². The number of hydrogen-bond acceptors (Lipinski definition) is 3. The third-order valence-corrected chi connectivity index (χ3v) is 4.55. The van der Waals surface area contributed by atoms with Crippen LogP contribution in [0.2, 0.25) is 0 Å². The first-order chi connectivity index (χ1) is 12.2. The zero-order valence-corrected chi connectivity index (χ0v) is 14.2. The number of fused-ring (bicyclic) bond motifs is 1. The van der Waals surface area contributed by atoms with Crippen molar-refractivity contribution in [2.24, 2.45) is 0 Å². The summed E-state index contributed by atoms with van der Waals surface area (Å²) in [4.78, 5) is 16.0. The van der Waals surface area contributed by atoms with Crippen LogP contribution >= 0.6 is 12.2 Å². The number of benzene rings is 2. The van der Waals surface area contributed by atoms with E-state index in [-0.39, 0.29) is 5.56 Å². The zero-order chi connectivity index (χ0) is 17.2. The van der Waals surface area contributed by atoms with Crippen molar-refractivity contribution in [1.29, 1.82) is 0 Å². The Bertz CT molecular complexity index is 1140. The van der Waals surface area contributed by atoms with E-state index in [9.17, 15) is 4.79 Å². The van der Waals surface area contributed by atoms with E-state index < -0.39 is 0 Å². The first-order valence-corrected chi connectivity index (χ1v) is 8.39. The standard InChI is InChI=1S/C19H16N4OS/c24-18-16-8-3-4-9-17(16)21-19(25)23(18)13-15-7-2-1-6-14(15)12-22-11-5-10-20-22/h1-11H,12-13H2,(H,21,25). The number of para-hydroxylation sites is 1. The van der Waals surface area contributed by atoms with Crippen LogP contribution in [0.5, 0.6) is 0 Å². The third-order valence-electron chi connectivity index (χ3n) is 4.23. The summed E-state index contributed by atoms with van der Waals surface area (Å²) in [5.41, 5.74) is 2.85. The summed E-state index contributed by atoms with van der Waals surface area (Å²) in [6, 6.07) is 17.4. The predicted molar refractivity (Wildman–Crippen MR) is 100 cm³/mol. The van der Waals surface area contributed by atoms with Crippen LogP contribution in [0, 0.1) is 4.77 Å². The van der Waals surface area contributed by atoms with Crippen molar-refractivity contribution < 1.29 is 0 Å². The summed E-state index contributed by atoms with van der Waals surface area (Å²) in [5.74, 6) is 0. The molecule has 0 atom stereocenters. The van der Waals surface area contributed by atoms with E-state index in [0.717, 1.165) is 16.6 Å². The highest BCUT2D eigenvalue weighted by molar-refractivity contribution is 7.71. The molecular weight excluding hydrogens is 332 g/mol. The van der Waals surface area contributed by atoms with Gasteiger partial charge in [0.25, 0.3) is 5.56 Å². The van der Waals surface area contributed by atoms with Gasteiger partial charge in [-0.15, -0.1) is 0 Å². The van der Waals surface area contributed by atoms with E-state index in [1.54, 1.807) is 10.8 Å². The third kappa shape index (κ3) is 3.04. The number of H-pyrrole nitrogens is 1. The van der Waals surface area contributed by atoms with E-state index in [1.807, 2.05) is 59.4 Å². The molecule has 0 fully saturated rings. The molecule has 0 aliphatic carbocycles. The van der Waals surface area contributed by atoms with Gasteiger partial charge >= 0.3 is 0 Å². The molecule has 0 aliphatic heterocycles. The van der Waals surface area contributed by atoms with E-state index in [2.05, 4.69) is 16.1 Å². The largest absolute Gasteiger partial charge is 0.332 e. The summed E-state index contributed by atoms with van der Waals surface area (Å²) in [6.45, 7) is 1.08. The van der Waals surface area contributed by atoms with E-state index in [4.69, 9.17) is 12.2 Å². The summed E-state index contributed by atoms with van der Waals surface area (Å²) < 4.78 is 3.90. The van der Waals surface area contributed by atoms with Crippen molar-refractivity contribution in [3.8, 4) is 0 Å². The minimum absolute atomic E-state index is 0.0757. The van der Waals surface area contributed by atoms with Gasteiger partial charge in [0.15, 0.2) is 4.77 Å². The van der Waals surface area contributed by atoms with Crippen LogP contribution in [0.4, 0.5) is 0 Å². The molecule has 5 nitrogen and oxygen atoms in total. The maximum atomic E-state index is 12.8. The first kappa shape index (κ1) is 15.5. The number of rotatable bonds is 4. The number of nitrogens with zero attached hydrogens (tertiary/aromatic N) is 3. The summed E-state index contributed by atoms with van der Waals surface area (Å²) in [7, 11) is 0. The van der Waals surface area contributed by atoms with Gasteiger partial charge in [-0.3, -0.25) is 14.0 Å². The Morgan fingerprint density at radius 1 is 0.960 bits per heavy atom. The molecule has 4 aromatic rings. The number of hydrogen-bond donors (Lipinski definition) is 1. The van der Waals surface area contributed by atoms with Gasteiger partial charge in [0.2, 0.25) is 0 Å². The molecule has 0 saturated heterocycles. The average molecular weight is 348 g/mol. The zero-order valence-electron chi connectivity index (χ0n) is 13.4. The molecule has 2 aromatic carbocycles. The molecule has 0 aliphatic rings. The minimum atomic E-state index is -0.0757. The van der Waals surface area contributed by atoms with Crippen LogP contribution in [-0.2, 0) is 13.1 Å². The average Bonchev–Trinajstić information content (AvgIpc) is 3.13. The second kappa shape index (κ2) is 6.49. The predicted octanol–water partition coefficient (Wildman–Crippen LogP) is 3.35. The van der Waals surface area contributed by atoms with Crippen molar-refractivity contribution in [2.45, 2.75) is 13.1 Å². The number of nitrogens with one attached hydrogen (secondary N) is 1. The molecule has 0 amide bonds. The molecule has 1 N–H and O–H groups in total. The minimum Gasteiger partial charge on any atom is -0.332 e. The molecule has 0 saturated carbocycles. The lowest BCUT2D eigenvalue weighted by atomic mass is 10.1. The smallest absolute Gasteiger partial charge is 0.262 e. The lowest BCUT2D eigenvalue weighted by molar-refractivity contribution is 0.667. The second-order valence-electron chi connectivity index (χ2n) is 5.84. The molecule has 4 rings (SSSR count). The SMILES string of the molecule is O=c1c2ccccc2[nH]c(=S)n1Cc1ccccc1Cn1cccn1. The highest BCUT2D eigenvalue weighted by Crippen LogP contribution is 2.13. The maximum absolute atomic E-state index is 12.8. The molecule has 6 heteroatoms. The summed E-state index contributed by atoms with van der Waals surface area (Å²) >= 11 is 5.42. The van der Waals surface area contributed by atoms with Crippen LogP contribution in [-0.4, -0.2) is 19.3 Å². The van der Waals surface area contributed by atoms with Gasteiger partial charge in [0, 0.05) is 12.4 Å². The highest BCUT2D eigenvalue weighted by Gasteiger charge is 2.09. The van der Waals surface area contributed by atoms with Crippen molar-refractivity contribution >= 4 is 23.1 Å². The molecule has 2 heterocycles. The molecule has 25 heavy (non-hydrogen) atoms. The van der Waals surface area contributed by atoms with Crippen LogP contribution in [0.25, 0.3) is 10.9 Å². The molecule has 2 aromatic heterocycles. The van der Waals surface area contributed by atoms with Gasteiger partial charge in [-0.2, -0.15) is 5.10 Å². The van der Waals surface area contributed by atoms with E-state index >= 15 is 0 Å². The lowest BCUT2D eigenvalue weighted by Gasteiger charge is -2.12. The van der Waals surface area contributed by atoms with Crippen molar-refractivity contribution in [2.75, 3.05) is 0 Å². The Labute approximate surface area is 149 Å². The summed E-state index contributed by atoms with van der Waals surface area (Å²) in [6.07, 6.45) is 3.68. The van der Waals surface area contributed by atoms with Crippen molar-refractivity contribution in [1.82, 2.24) is 19.3 Å². The van der Waals surface area contributed by atoms with Crippen LogP contribution in [0.1, 0.15) is 11.1 Å². The Balaban J connectivity index is 1.78. The monoisotopic (exact) mass is 348 g/mol. The highest BCUT2D eigenvalue weighted by atomic mass is 32.1. The molecule has 0 bridgehead atoms. The Hall–Kier alpha value is -2.99. The van der Waals surface area contributed by atoms with Gasteiger partial charge in [0.05, 0.1) is 24.0 Å². The topological polar surface area (TPSA) is 55.6 Å². The van der Waals surface area contributed by atoms with Gasteiger partial charge in [0.1, 0.15) is 0 Å². The fourth-order valence-corrected chi connectivity index (χ4v) is 3.20. The normalized spacial score (nSPS) is 11.0. The summed E-state index contributed by atoms with van der Waals surface area (Å²) in [5, 5.41) is 4.90. The first-order valence-electron chi connectivity index (χ1n) is 7.98. The van der Waals surface area contributed by atoms with E-state index in [1.165, 1.54) is 0 Å². The quantitative estimate of drug-likeness (QED) is 0.576. The molecule has 0 spiro atoms. The Morgan fingerprint density at radius 2 is 1.68 bits per heavy atom.